The highest BCUT2D eigenvalue weighted by Gasteiger charge is 2.38. The van der Waals surface area contributed by atoms with Gasteiger partial charge in [0.05, 0.1) is 10.5 Å². The number of thioether (sulfide) groups is 1. The summed E-state index contributed by atoms with van der Waals surface area (Å²) in [5.74, 6) is 0.348. The van der Waals surface area contributed by atoms with Gasteiger partial charge in [0.25, 0.3) is 11.8 Å². The van der Waals surface area contributed by atoms with Gasteiger partial charge in [-0.15, -0.1) is 11.8 Å². The lowest BCUT2D eigenvalue weighted by Gasteiger charge is -2.15. The summed E-state index contributed by atoms with van der Waals surface area (Å²) in [4.78, 5) is 27.6. The van der Waals surface area contributed by atoms with Crippen LogP contribution in [0.1, 0.15) is 18.1 Å². The Morgan fingerprint density at radius 1 is 0.960 bits per heavy atom. The standard InChI is InChI=1S/C20H18ClNO2S/c1-2-25-18-17(15-6-4-3-5-7-15)19(23)22(20(18)24)13-12-14-8-10-16(21)11-9-14/h3-11H,2,12-13H2,1H3. The minimum Gasteiger partial charge on any atom is -0.274 e. The first-order valence-electron chi connectivity index (χ1n) is 8.15. The lowest BCUT2D eigenvalue weighted by molar-refractivity contribution is -0.136. The Morgan fingerprint density at radius 3 is 2.28 bits per heavy atom. The van der Waals surface area contributed by atoms with Gasteiger partial charge in [0.2, 0.25) is 0 Å². The van der Waals surface area contributed by atoms with E-state index in [2.05, 4.69) is 0 Å². The summed E-state index contributed by atoms with van der Waals surface area (Å²) in [6.45, 7) is 2.35. The number of amides is 2. The molecular weight excluding hydrogens is 354 g/mol. The normalized spacial score (nSPS) is 14.6. The minimum absolute atomic E-state index is 0.190. The fourth-order valence-corrected chi connectivity index (χ4v) is 3.78. The molecule has 25 heavy (non-hydrogen) atoms. The highest BCUT2D eigenvalue weighted by Crippen LogP contribution is 2.35. The predicted molar refractivity (Wildman–Crippen MR) is 103 cm³/mol. The van der Waals surface area contributed by atoms with Crippen LogP contribution < -0.4 is 0 Å². The molecule has 0 spiro atoms. The van der Waals surface area contributed by atoms with Crippen LogP contribution in [0.15, 0.2) is 59.5 Å². The van der Waals surface area contributed by atoms with Gasteiger partial charge in [-0.25, -0.2) is 0 Å². The van der Waals surface area contributed by atoms with Gasteiger partial charge in [0.1, 0.15) is 0 Å². The van der Waals surface area contributed by atoms with E-state index in [1.54, 1.807) is 0 Å². The van der Waals surface area contributed by atoms with E-state index in [4.69, 9.17) is 11.6 Å². The van der Waals surface area contributed by atoms with Crippen LogP contribution in [-0.2, 0) is 16.0 Å². The molecule has 0 atom stereocenters. The van der Waals surface area contributed by atoms with Crippen molar-refractivity contribution in [2.24, 2.45) is 0 Å². The fourth-order valence-electron chi connectivity index (χ4n) is 2.79. The van der Waals surface area contributed by atoms with Gasteiger partial charge in [-0.2, -0.15) is 0 Å². The second kappa shape index (κ2) is 7.89. The average molecular weight is 372 g/mol. The summed E-state index contributed by atoms with van der Waals surface area (Å²) >= 11 is 7.33. The zero-order valence-corrected chi connectivity index (χ0v) is 15.4. The van der Waals surface area contributed by atoms with Crippen molar-refractivity contribution in [2.45, 2.75) is 13.3 Å². The number of rotatable bonds is 6. The highest BCUT2D eigenvalue weighted by atomic mass is 35.5. The molecule has 5 heteroatoms. The number of benzene rings is 2. The molecule has 128 valence electrons. The minimum atomic E-state index is -0.207. The molecule has 0 saturated carbocycles. The molecule has 2 amide bonds. The Kier molecular flexibility index (Phi) is 5.61. The van der Waals surface area contributed by atoms with Crippen LogP contribution in [0.4, 0.5) is 0 Å². The first kappa shape index (κ1) is 17.8. The van der Waals surface area contributed by atoms with Crippen molar-refractivity contribution in [3.8, 4) is 0 Å². The number of hydrogen-bond acceptors (Lipinski definition) is 3. The largest absolute Gasteiger partial charge is 0.274 e. The Bertz CT molecular complexity index is 815. The number of carbonyl (C=O) groups excluding carboxylic acids is 2. The van der Waals surface area contributed by atoms with E-state index in [-0.39, 0.29) is 11.8 Å². The molecule has 1 heterocycles. The highest BCUT2D eigenvalue weighted by molar-refractivity contribution is 8.04. The summed E-state index contributed by atoms with van der Waals surface area (Å²) in [6, 6.07) is 16.9. The van der Waals surface area contributed by atoms with Gasteiger partial charge in [0, 0.05) is 11.6 Å². The monoisotopic (exact) mass is 371 g/mol. The Labute approximate surface area is 156 Å². The van der Waals surface area contributed by atoms with Crippen LogP contribution in [0, 0.1) is 0 Å². The van der Waals surface area contributed by atoms with Crippen LogP contribution in [0.25, 0.3) is 5.57 Å². The molecule has 0 fully saturated rings. The van der Waals surface area contributed by atoms with Crippen molar-refractivity contribution in [3.63, 3.8) is 0 Å². The third-order valence-electron chi connectivity index (χ3n) is 4.01. The molecule has 0 radical (unpaired) electrons. The van der Waals surface area contributed by atoms with E-state index in [1.807, 2.05) is 61.5 Å². The second-order valence-corrected chi connectivity index (χ2v) is 7.35. The van der Waals surface area contributed by atoms with Gasteiger partial charge in [-0.05, 0) is 35.4 Å². The zero-order valence-electron chi connectivity index (χ0n) is 13.9. The molecule has 0 unspecified atom stereocenters. The van der Waals surface area contributed by atoms with Crippen LogP contribution in [-0.4, -0.2) is 29.0 Å². The average Bonchev–Trinajstić information content (AvgIpc) is 2.86. The summed E-state index contributed by atoms with van der Waals surface area (Å²) in [7, 11) is 0. The molecule has 3 nitrogen and oxygen atoms in total. The van der Waals surface area contributed by atoms with Gasteiger partial charge >= 0.3 is 0 Å². The number of imide groups is 1. The maximum absolute atomic E-state index is 12.9. The Balaban J connectivity index is 1.83. The molecule has 1 aliphatic heterocycles. The van der Waals surface area contributed by atoms with Crippen molar-refractivity contribution in [1.82, 2.24) is 4.90 Å². The van der Waals surface area contributed by atoms with E-state index in [1.165, 1.54) is 16.7 Å². The lowest BCUT2D eigenvalue weighted by Crippen LogP contribution is -2.33. The number of nitrogens with zero attached hydrogens (tertiary/aromatic N) is 1. The second-order valence-electron chi connectivity index (χ2n) is 5.64. The molecule has 2 aromatic carbocycles. The van der Waals surface area contributed by atoms with Crippen molar-refractivity contribution < 1.29 is 9.59 Å². The van der Waals surface area contributed by atoms with Gasteiger partial charge in [-0.1, -0.05) is 61.0 Å². The smallest absolute Gasteiger partial charge is 0.267 e. The molecule has 0 bridgehead atoms. The summed E-state index contributed by atoms with van der Waals surface area (Å²) in [6.07, 6.45) is 0.612. The van der Waals surface area contributed by atoms with Crippen LogP contribution >= 0.6 is 23.4 Å². The number of hydrogen-bond donors (Lipinski definition) is 0. The fraction of sp³-hybridized carbons (Fsp3) is 0.200. The van der Waals surface area contributed by atoms with Crippen molar-refractivity contribution in [1.29, 1.82) is 0 Å². The molecule has 0 aromatic heterocycles. The first-order valence-corrected chi connectivity index (χ1v) is 9.51. The van der Waals surface area contributed by atoms with Gasteiger partial charge in [-0.3, -0.25) is 14.5 Å². The van der Waals surface area contributed by atoms with E-state index in [0.29, 0.717) is 28.5 Å². The van der Waals surface area contributed by atoms with E-state index in [9.17, 15) is 9.59 Å². The van der Waals surface area contributed by atoms with E-state index >= 15 is 0 Å². The third kappa shape index (κ3) is 3.80. The van der Waals surface area contributed by atoms with Crippen LogP contribution in [0.3, 0.4) is 0 Å². The molecule has 0 aliphatic carbocycles. The maximum Gasteiger partial charge on any atom is 0.267 e. The lowest BCUT2D eigenvalue weighted by atomic mass is 10.1. The van der Waals surface area contributed by atoms with Crippen molar-refractivity contribution >= 4 is 40.8 Å². The van der Waals surface area contributed by atoms with Crippen LogP contribution in [0.5, 0.6) is 0 Å². The van der Waals surface area contributed by atoms with Gasteiger partial charge in [0.15, 0.2) is 0 Å². The first-order chi connectivity index (χ1) is 12.1. The molecule has 3 rings (SSSR count). The summed E-state index contributed by atoms with van der Waals surface area (Å²) < 4.78 is 0. The molecule has 0 N–H and O–H groups in total. The maximum atomic E-state index is 12.9. The molecule has 2 aromatic rings. The SMILES string of the molecule is CCSC1=C(c2ccccc2)C(=O)N(CCc2ccc(Cl)cc2)C1=O. The van der Waals surface area contributed by atoms with Crippen molar-refractivity contribution in [2.75, 3.05) is 12.3 Å². The van der Waals surface area contributed by atoms with Crippen LogP contribution in [0.2, 0.25) is 5.02 Å². The Hall–Kier alpha value is -2.04. The quantitative estimate of drug-likeness (QED) is 0.705. The summed E-state index contributed by atoms with van der Waals surface area (Å²) in [5.41, 5.74) is 2.36. The van der Waals surface area contributed by atoms with E-state index < -0.39 is 0 Å². The van der Waals surface area contributed by atoms with Gasteiger partial charge < -0.3 is 0 Å². The molecule has 1 aliphatic rings. The van der Waals surface area contributed by atoms with Crippen molar-refractivity contribution in [3.05, 3.63) is 75.7 Å². The summed E-state index contributed by atoms with van der Waals surface area (Å²) in [5, 5.41) is 0.673. The number of carbonyl (C=O) groups is 2. The topological polar surface area (TPSA) is 37.4 Å². The third-order valence-corrected chi connectivity index (χ3v) is 5.22. The number of halogens is 1. The predicted octanol–water partition coefficient (Wildman–Crippen LogP) is 4.42. The Morgan fingerprint density at radius 2 is 1.64 bits per heavy atom. The molecular formula is C20H18ClNO2S. The molecule has 0 saturated heterocycles. The zero-order chi connectivity index (χ0) is 17.8. The van der Waals surface area contributed by atoms with E-state index in [0.717, 1.165) is 16.9 Å².